The minimum Gasteiger partial charge on any atom is -0.482 e. The van der Waals surface area contributed by atoms with Crippen LogP contribution < -0.4 is 4.74 Å². The summed E-state index contributed by atoms with van der Waals surface area (Å²) in [6.45, 7) is 4.17. The van der Waals surface area contributed by atoms with Crippen molar-refractivity contribution in [2.75, 3.05) is 0 Å². The molecule has 19 heavy (non-hydrogen) atoms. The number of H-pyrrole nitrogens is 1. The number of para-hydroxylation sites is 1. The van der Waals surface area contributed by atoms with Gasteiger partial charge in [0.1, 0.15) is 11.4 Å². The van der Waals surface area contributed by atoms with Gasteiger partial charge in [-0.1, -0.05) is 24.3 Å². The first-order chi connectivity index (χ1) is 9.14. The zero-order valence-electron chi connectivity index (χ0n) is 11.0. The van der Waals surface area contributed by atoms with Crippen molar-refractivity contribution < 1.29 is 4.74 Å². The van der Waals surface area contributed by atoms with Crippen LogP contribution in [0.4, 0.5) is 0 Å². The Bertz CT molecular complexity index is 824. The van der Waals surface area contributed by atoms with Crippen LogP contribution in [0, 0.1) is 0 Å². The number of hydrogen-bond acceptors (Lipinski definition) is 1. The molecule has 1 aliphatic heterocycles. The molecule has 1 N–H and O–H groups in total. The van der Waals surface area contributed by atoms with E-state index in [-0.39, 0.29) is 5.60 Å². The van der Waals surface area contributed by atoms with E-state index >= 15 is 0 Å². The first kappa shape index (κ1) is 10.7. The van der Waals surface area contributed by atoms with Gasteiger partial charge in [-0.15, -0.1) is 0 Å². The van der Waals surface area contributed by atoms with Crippen molar-refractivity contribution in [2.45, 2.75) is 19.4 Å². The number of hydrogen-bond donors (Lipinski definition) is 1. The number of benzene rings is 2. The van der Waals surface area contributed by atoms with Gasteiger partial charge in [0.25, 0.3) is 0 Å². The topological polar surface area (TPSA) is 25.0 Å². The van der Waals surface area contributed by atoms with Crippen LogP contribution in [0.5, 0.6) is 5.75 Å². The maximum absolute atomic E-state index is 6.19. The molecule has 2 aromatic carbocycles. The maximum Gasteiger partial charge on any atom is 0.137 e. The first-order valence-corrected chi connectivity index (χ1v) is 6.56. The number of aromatic amines is 1. The fraction of sp³-hybridized carbons (Fsp3) is 0.176. The molecule has 94 valence electrons. The van der Waals surface area contributed by atoms with Crippen molar-refractivity contribution in [3.63, 3.8) is 0 Å². The highest BCUT2D eigenvalue weighted by Crippen LogP contribution is 2.40. The standard InChI is InChI=1S/C17H15NO/c1-17(2)10-9-11-7-8-14-15(16(11)19-17)12-5-3-4-6-13(12)18-14/h3-10,18H,1-2H3. The summed E-state index contributed by atoms with van der Waals surface area (Å²) in [5.41, 5.74) is 3.18. The van der Waals surface area contributed by atoms with Crippen LogP contribution in [-0.4, -0.2) is 10.6 Å². The van der Waals surface area contributed by atoms with E-state index in [0.29, 0.717) is 0 Å². The largest absolute Gasteiger partial charge is 0.482 e. The molecule has 0 saturated heterocycles. The third kappa shape index (κ3) is 1.49. The molecular weight excluding hydrogens is 234 g/mol. The molecule has 0 atom stereocenters. The van der Waals surface area contributed by atoms with E-state index in [1.807, 2.05) is 0 Å². The monoisotopic (exact) mass is 249 g/mol. The molecule has 0 unspecified atom stereocenters. The molecule has 2 heterocycles. The van der Waals surface area contributed by atoms with Crippen LogP contribution in [0.25, 0.3) is 27.9 Å². The highest BCUT2D eigenvalue weighted by Gasteiger charge is 2.24. The maximum atomic E-state index is 6.19. The average molecular weight is 249 g/mol. The van der Waals surface area contributed by atoms with Crippen LogP contribution >= 0.6 is 0 Å². The van der Waals surface area contributed by atoms with Gasteiger partial charge >= 0.3 is 0 Å². The molecule has 3 aromatic rings. The Kier molecular flexibility index (Phi) is 1.92. The van der Waals surface area contributed by atoms with Crippen molar-refractivity contribution in [1.29, 1.82) is 0 Å². The zero-order chi connectivity index (χ0) is 13.0. The molecule has 0 fully saturated rings. The minimum atomic E-state index is -0.250. The van der Waals surface area contributed by atoms with Gasteiger partial charge in [0.2, 0.25) is 0 Å². The number of nitrogens with one attached hydrogen (secondary N) is 1. The summed E-state index contributed by atoms with van der Waals surface area (Å²) in [5.74, 6) is 0.988. The Morgan fingerprint density at radius 3 is 2.74 bits per heavy atom. The molecule has 1 aliphatic rings. The second kappa shape index (κ2) is 3.41. The van der Waals surface area contributed by atoms with Crippen LogP contribution in [0.3, 0.4) is 0 Å². The van der Waals surface area contributed by atoms with Gasteiger partial charge < -0.3 is 9.72 Å². The Morgan fingerprint density at radius 2 is 1.84 bits per heavy atom. The molecule has 0 radical (unpaired) electrons. The van der Waals surface area contributed by atoms with Gasteiger partial charge in [-0.25, -0.2) is 0 Å². The molecule has 0 bridgehead atoms. The van der Waals surface area contributed by atoms with E-state index in [4.69, 9.17) is 4.74 Å². The van der Waals surface area contributed by atoms with Crippen LogP contribution in [0.1, 0.15) is 19.4 Å². The fourth-order valence-corrected chi connectivity index (χ4v) is 2.75. The second-order valence-corrected chi connectivity index (χ2v) is 5.62. The van der Waals surface area contributed by atoms with Gasteiger partial charge in [0.05, 0.1) is 10.9 Å². The predicted octanol–water partition coefficient (Wildman–Crippen LogP) is 4.51. The summed E-state index contributed by atoms with van der Waals surface area (Å²) in [4.78, 5) is 3.45. The lowest BCUT2D eigenvalue weighted by Crippen LogP contribution is -2.27. The van der Waals surface area contributed by atoms with Gasteiger partial charge in [0.15, 0.2) is 0 Å². The summed E-state index contributed by atoms with van der Waals surface area (Å²) < 4.78 is 6.19. The quantitative estimate of drug-likeness (QED) is 0.623. The van der Waals surface area contributed by atoms with Crippen molar-refractivity contribution >= 4 is 27.9 Å². The van der Waals surface area contributed by atoms with E-state index < -0.39 is 0 Å². The summed E-state index contributed by atoms with van der Waals surface area (Å²) >= 11 is 0. The number of aromatic nitrogens is 1. The average Bonchev–Trinajstić information content (AvgIpc) is 2.76. The van der Waals surface area contributed by atoms with E-state index in [1.54, 1.807) is 0 Å². The van der Waals surface area contributed by atoms with E-state index in [9.17, 15) is 0 Å². The fourth-order valence-electron chi connectivity index (χ4n) is 2.75. The number of ether oxygens (including phenoxy) is 1. The second-order valence-electron chi connectivity index (χ2n) is 5.62. The van der Waals surface area contributed by atoms with Crippen LogP contribution in [0.2, 0.25) is 0 Å². The van der Waals surface area contributed by atoms with Crippen LogP contribution in [0.15, 0.2) is 42.5 Å². The SMILES string of the molecule is CC1(C)C=Cc2ccc3[nH]c4ccccc4c3c2O1. The third-order valence-corrected chi connectivity index (χ3v) is 3.68. The lowest BCUT2D eigenvalue weighted by molar-refractivity contribution is 0.161. The Hall–Kier alpha value is -2.22. The summed E-state index contributed by atoms with van der Waals surface area (Å²) in [6.07, 6.45) is 4.26. The van der Waals surface area contributed by atoms with E-state index in [1.165, 1.54) is 10.8 Å². The zero-order valence-corrected chi connectivity index (χ0v) is 11.0. The highest BCUT2D eigenvalue weighted by molar-refractivity contribution is 6.11. The summed E-state index contributed by atoms with van der Waals surface area (Å²) in [6, 6.07) is 12.6. The van der Waals surface area contributed by atoms with Gasteiger partial charge in [-0.05, 0) is 38.1 Å². The summed E-state index contributed by atoms with van der Waals surface area (Å²) in [5, 5.41) is 2.41. The number of fused-ring (bicyclic) bond motifs is 5. The molecule has 2 nitrogen and oxygen atoms in total. The smallest absolute Gasteiger partial charge is 0.137 e. The van der Waals surface area contributed by atoms with Crippen molar-refractivity contribution in [3.05, 3.63) is 48.0 Å². The molecule has 0 amide bonds. The Balaban J connectivity index is 2.15. The molecule has 0 spiro atoms. The molecule has 2 heteroatoms. The Labute approximate surface area is 111 Å². The highest BCUT2D eigenvalue weighted by atomic mass is 16.5. The number of rotatable bonds is 0. The van der Waals surface area contributed by atoms with Gasteiger partial charge in [-0.2, -0.15) is 0 Å². The third-order valence-electron chi connectivity index (χ3n) is 3.68. The summed E-state index contributed by atoms with van der Waals surface area (Å²) in [7, 11) is 0. The van der Waals surface area contributed by atoms with Crippen molar-refractivity contribution in [3.8, 4) is 5.75 Å². The van der Waals surface area contributed by atoms with Gasteiger partial charge in [-0.3, -0.25) is 0 Å². The molecule has 4 rings (SSSR count). The van der Waals surface area contributed by atoms with Crippen molar-refractivity contribution in [2.24, 2.45) is 0 Å². The normalized spacial score (nSPS) is 16.5. The lowest BCUT2D eigenvalue weighted by atomic mass is 10.00. The molecule has 0 saturated carbocycles. The predicted molar refractivity (Wildman–Crippen MR) is 79.5 cm³/mol. The minimum absolute atomic E-state index is 0.250. The Morgan fingerprint density at radius 1 is 1.00 bits per heavy atom. The van der Waals surface area contributed by atoms with E-state index in [2.05, 4.69) is 67.4 Å². The van der Waals surface area contributed by atoms with Crippen LogP contribution in [-0.2, 0) is 0 Å². The molecule has 0 aliphatic carbocycles. The molecule has 1 aromatic heterocycles. The molecular formula is C17H15NO. The van der Waals surface area contributed by atoms with E-state index in [0.717, 1.165) is 22.3 Å². The van der Waals surface area contributed by atoms with Crippen molar-refractivity contribution in [1.82, 2.24) is 4.98 Å². The van der Waals surface area contributed by atoms with Gasteiger partial charge in [0, 0.05) is 16.5 Å². The first-order valence-electron chi connectivity index (χ1n) is 6.56. The lowest BCUT2D eigenvalue weighted by Gasteiger charge is -2.28.